The molecule has 0 unspecified atom stereocenters. The van der Waals surface area contributed by atoms with E-state index in [4.69, 9.17) is 0 Å². The van der Waals surface area contributed by atoms with E-state index < -0.39 is 5.41 Å². The highest BCUT2D eigenvalue weighted by molar-refractivity contribution is 7.26. The number of benzene rings is 10. The van der Waals surface area contributed by atoms with Crippen LogP contribution >= 0.6 is 11.3 Å². The van der Waals surface area contributed by atoms with Gasteiger partial charge in [-0.05, 0) is 108 Å². The van der Waals surface area contributed by atoms with Gasteiger partial charge in [0, 0.05) is 26.7 Å². The molecule has 0 fully saturated rings. The Labute approximate surface area is 359 Å². The minimum atomic E-state index is -0.423. The van der Waals surface area contributed by atoms with Gasteiger partial charge in [-0.1, -0.05) is 188 Å². The van der Waals surface area contributed by atoms with Gasteiger partial charge in [-0.15, -0.1) is 11.3 Å². The second-order valence-corrected chi connectivity index (χ2v) is 17.4. The van der Waals surface area contributed by atoms with Crippen LogP contribution in [-0.4, -0.2) is 0 Å². The number of rotatable bonds is 5. The molecule has 1 aromatic heterocycles. The molecule has 0 atom stereocenters. The van der Waals surface area contributed by atoms with Crippen molar-refractivity contribution in [3.63, 3.8) is 0 Å². The molecule has 0 aliphatic heterocycles. The zero-order valence-corrected chi connectivity index (χ0v) is 34.0. The Balaban J connectivity index is 1.000. The van der Waals surface area contributed by atoms with Crippen LogP contribution in [0.25, 0.3) is 75.5 Å². The monoisotopic (exact) mass is 791 g/mol. The van der Waals surface area contributed by atoms with Gasteiger partial charge in [0.05, 0.1) is 21.5 Å². The van der Waals surface area contributed by atoms with Crippen LogP contribution in [0.15, 0.2) is 224 Å². The van der Waals surface area contributed by atoms with Crippen LogP contribution in [0.2, 0.25) is 0 Å². The standard InChI is InChI=1S/C59H37NS/c1-2-14-42-37-43(32-31-38(42)13-1)41-29-27-39(28-30-41)40-33-35-44(36-34-40)60(55-25-11-19-48-47-17-6-10-26-56(47)61-58(48)55)54-24-12-23-53-57(54)49-18-5-9-22-52(49)59(53)50-20-7-3-15-45(50)46-16-4-8-21-51(46)59/h1-37H. The van der Waals surface area contributed by atoms with Crippen molar-refractivity contribution in [3.8, 4) is 44.5 Å². The van der Waals surface area contributed by atoms with Crippen molar-refractivity contribution in [1.82, 2.24) is 0 Å². The first-order valence-corrected chi connectivity index (χ1v) is 21.9. The van der Waals surface area contributed by atoms with E-state index >= 15 is 0 Å². The lowest BCUT2D eigenvalue weighted by atomic mass is 9.70. The van der Waals surface area contributed by atoms with E-state index in [1.165, 1.54) is 109 Å². The smallest absolute Gasteiger partial charge is 0.0726 e. The molecule has 2 aliphatic rings. The maximum absolute atomic E-state index is 2.53. The van der Waals surface area contributed by atoms with Gasteiger partial charge in [-0.2, -0.15) is 0 Å². The number of fused-ring (bicyclic) bond motifs is 14. The minimum absolute atomic E-state index is 0.423. The van der Waals surface area contributed by atoms with Crippen LogP contribution in [0.1, 0.15) is 22.3 Å². The average Bonchev–Trinajstić information content (AvgIpc) is 3.97. The molecule has 2 heteroatoms. The maximum Gasteiger partial charge on any atom is 0.0726 e. The Bertz CT molecular complexity index is 3490. The number of anilines is 3. The first-order chi connectivity index (χ1) is 30.3. The molecule has 1 spiro atoms. The number of thiophene rings is 1. The first-order valence-electron chi connectivity index (χ1n) is 21.1. The fourth-order valence-electron chi connectivity index (χ4n) is 10.7. The molecule has 284 valence electrons. The normalized spacial score (nSPS) is 13.0. The Morgan fingerprint density at radius 2 is 0.852 bits per heavy atom. The summed E-state index contributed by atoms with van der Waals surface area (Å²) in [5, 5.41) is 5.11. The van der Waals surface area contributed by atoms with E-state index in [-0.39, 0.29) is 0 Å². The molecule has 0 amide bonds. The Morgan fingerprint density at radius 3 is 1.59 bits per heavy atom. The van der Waals surface area contributed by atoms with Crippen molar-refractivity contribution in [2.75, 3.05) is 4.90 Å². The van der Waals surface area contributed by atoms with E-state index in [0.717, 1.165) is 5.69 Å². The topological polar surface area (TPSA) is 3.24 Å². The van der Waals surface area contributed by atoms with Gasteiger partial charge in [-0.3, -0.25) is 0 Å². The van der Waals surface area contributed by atoms with Crippen LogP contribution < -0.4 is 4.90 Å². The third-order valence-electron chi connectivity index (χ3n) is 13.3. The van der Waals surface area contributed by atoms with Gasteiger partial charge in [0.15, 0.2) is 0 Å². The molecular weight excluding hydrogens is 755 g/mol. The molecule has 11 aromatic rings. The summed E-state index contributed by atoms with van der Waals surface area (Å²) in [5.41, 5.74) is 18.5. The van der Waals surface area contributed by atoms with E-state index in [0.29, 0.717) is 0 Å². The summed E-state index contributed by atoms with van der Waals surface area (Å²) in [5.74, 6) is 0. The highest BCUT2D eigenvalue weighted by Gasteiger charge is 2.52. The predicted molar refractivity (Wildman–Crippen MR) is 259 cm³/mol. The van der Waals surface area contributed by atoms with Gasteiger partial charge in [-0.25, -0.2) is 0 Å². The van der Waals surface area contributed by atoms with Crippen molar-refractivity contribution in [2.45, 2.75) is 5.41 Å². The van der Waals surface area contributed by atoms with Crippen molar-refractivity contribution in [3.05, 3.63) is 247 Å². The van der Waals surface area contributed by atoms with Crippen LogP contribution in [0.5, 0.6) is 0 Å². The zero-order valence-electron chi connectivity index (χ0n) is 33.2. The van der Waals surface area contributed by atoms with Crippen LogP contribution in [-0.2, 0) is 5.41 Å². The van der Waals surface area contributed by atoms with Crippen LogP contribution in [0, 0.1) is 0 Å². The van der Waals surface area contributed by atoms with Gasteiger partial charge < -0.3 is 4.90 Å². The summed E-state index contributed by atoms with van der Waals surface area (Å²) in [6, 6.07) is 83.5. The average molecular weight is 792 g/mol. The highest BCUT2D eigenvalue weighted by Crippen LogP contribution is 2.65. The van der Waals surface area contributed by atoms with Crippen LogP contribution in [0.3, 0.4) is 0 Å². The van der Waals surface area contributed by atoms with E-state index in [1.807, 2.05) is 11.3 Å². The van der Waals surface area contributed by atoms with Crippen molar-refractivity contribution in [1.29, 1.82) is 0 Å². The highest BCUT2D eigenvalue weighted by atomic mass is 32.1. The summed E-state index contributed by atoms with van der Waals surface area (Å²) in [6.45, 7) is 0. The lowest BCUT2D eigenvalue weighted by Gasteiger charge is -2.32. The molecule has 1 nitrogen and oxygen atoms in total. The van der Waals surface area contributed by atoms with Crippen molar-refractivity contribution >= 4 is 59.3 Å². The second-order valence-electron chi connectivity index (χ2n) is 16.4. The fourth-order valence-corrected chi connectivity index (χ4v) is 11.9. The van der Waals surface area contributed by atoms with Gasteiger partial charge >= 0.3 is 0 Å². The van der Waals surface area contributed by atoms with Gasteiger partial charge in [0.2, 0.25) is 0 Å². The van der Waals surface area contributed by atoms with E-state index in [1.54, 1.807) is 0 Å². The molecule has 0 bridgehead atoms. The Kier molecular flexibility index (Phi) is 7.46. The second kappa shape index (κ2) is 13.2. The molecule has 10 aromatic carbocycles. The third-order valence-corrected chi connectivity index (χ3v) is 14.5. The van der Waals surface area contributed by atoms with Gasteiger partial charge in [0.1, 0.15) is 0 Å². The lowest BCUT2D eigenvalue weighted by Crippen LogP contribution is -2.26. The van der Waals surface area contributed by atoms with Gasteiger partial charge in [0.25, 0.3) is 0 Å². The molecule has 0 radical (unpaired) electrons. The molecule has 1 heterocycles. The number of hydrogen-bond acceptors (Lipinski definition) is 2. The van der Waals surface area contributed by atoms with E-state index in [2.05, 4.69) is 229 Å². The quantitative estimate of drug-likeness (QED) is 0.168. The van der Waals surface area contributed by atoms with Crippen molar-refractivity contribution < 1.29 is 0 Å². The third kappa shape index (κ3) is 4.94. The zero-order chi connectivity index (χ0) is 40.1. The fraction of sp³-hybridized carbons (Fsp3) is 0.0169. The summed E-state index contributed by atoms with van der Waals surface area (Å²) < 4.78 is 2.58. The molecular formula is C59H37NS. The predicted octanol–water partition coefficient (Wildman–Crippen LogP) is 16.4. The molecule has 61 heavy (non-hydrogen) atoms. The lowest BCUT2D eigenvalue weighted by molar-refractivity contribution is 0.794. The molecule has 13 rings (SSSR count). The van der Waals surface area contributed by atoms with Crippen LogP contribution in [0.4, 0.5) is 17.1 Å². The molecule has 0 N–H and O–H groups in total. The molecule has 2 aliphatic carbocycles. The minimum Gasteiger partial charge on any atom is -0.308 e. The Morgan fingerprint density at radius 1 is 0.344 bits per heavy atom. The summed E-state index contributed by atoms with van der Waals surface area (Å²) in [4.78, 5) is 2.53. The molecule has 0 saturated carbocycles. The summed E-state index contributed by atoms with van der Waals surface area (Å²) in [6.07, 6.45) is 0. The largest absolute Gasteiger partial charge is 0.308 e. The maximum atomic E-state index is 2.53. The van der Waals surface area contributed by atoms with Crippen molar-refractivity contribution in [2.24, 2.45) is 0 Å². The summed E-state index contributed by atoms with van der Waals surface area (Å²) in [7, 11) is 0. The first kappa shape index (κ1) is 34.4. The number of hydrogen-bond donors (Lipinski definition) is 0. The van der Waals surface area contributed by atoms with E-state index in [9.17, 15) is 0 Å². The number of nitrogens with zero attached hydrogens (tertiary/aromatic N) is 1. The Hall–Kier alpha value is -7.52. The summed E-state index contributed by atoms with van der Waals surface area (Å²) >= 11 is 1.88. The molecule has 0 saturated heterocycles. The SMILES string of the molecule is c1ccc2c(c1)-c1ccccc1C21c2ccccc2-c2c(N(c3ccc(-c4ccc(-c5ccc6ccccc6c5)cc4)cc3)c3cccc4c3sc3ccccc34)cccc21.